The van der Waals surface area contributed by atoms with Crippen molar-refractivity contribution < 1.29 is 18.3 Å². The molecule has 0 fully saturated rings. The van der Waals surface area contributed by atoms with Gasteiger partial charge in [-0.25, -0.2) is 9.18 Å². The molecule has 0 aliphatic heterocycles. The van der Waals surface area contributed by atoms with Crippen LogP contribution in [0.4, 0.5) is 4.39 Å². The fraction of sp³-hybridized carbons (Fsp3) is 0.105. The first kappa shape index (κ1) is 14.5. The summed E-state index contributed by atoms with van der Waals surface area (Å²) in [6.07, 6.45) is 0. The summed E-state index contributed by atoms with van der Waals surface area (Å²) in [6.45, 7) is 0.474. The molecule has 4 rings (SSSR count). The molecule has 0 unspecified atom stereocenters. The molecule has 24 heavy (non-hydrogen) atoms. The van der Waals surface area contributed by atoms with Crippen molar-refractivity contribution in [3.8, 4) is 0 Å². The molecule has 2 aromatic heterocycles. The monoisotopic (exact) mass is 323 g/mol. The number of para-hydroxylation sites is 1. The number of furan rings is 1. The third-order valence-electron chi connectivity index (χ3n) is 4.06. The molecular formula is C19H14FNO3. The molecule has 0 saturated heterocycles. The average Bonchev–Trinajstić information content (AvgIpc) is 3.14. The zero-order chi connectivity index (χ0) is 16.7. The van der Waals surface area contributed by atoms with Gasteiger partial charge in [0.05, 0.1) is 18.1 Å². The van der Waals surface area contributed by atoms with Crippen LogP contribution in [0, 0.1) is 5.82 Å². The number of aromatic nitrogens is 1. The quantitative estimate of drug-likeness (QED) is 0.526. The number of benzene rings is 2. The second-order valence-corrected chi connectivity index (χ2v) is 5.55. The molecule has 4 aromatic rings. The third kappa shape index (κ3) is 2.25. The van der Waals surface area contributed by atoms with E-state index in [0.717, 1.165) is 22.0 Å². The van der Waals surface area contributed by atoms with Gasteiger partial charge in [-0.3, -0.25) is 0 Å². The maximum atomic E-state index is 13.5. The van der Waals surface area contributed by atoms with E-state index in [1.165, 1.54) is 19.2 Å². The third-order valence-corrected chi connectivity index (χ3v) is 4.06. The first-order valence-electron chi connectivity index (χ1n) is 7.51. The van der Waals surface area contributed by atoms with Crippen LogP contribution in [-0.2, 0) is 11.3 Å². The summed E-state index contributed by atoms with van der Waals surface area (Å²) in [5, 5.41) is 0.902. The minimum Gasteiger partial charge on any atom is -0.463 e. The van der Waals surface area contributed by atoms with E-state index < -0.39 is 5.97 Å². The molecule has 2 aromatic carbocycles. The normalized spacial score (nSPS) is 11.2. The first-order valence-corrected chi connectivity index (χ1v) is 7.51. The van der Waals surface area contributed by atoms with E-state index in [-0.39, 0.29) is 11.6 Å². The summed E-state index contributed by atoms with van der Waals surface area (Å²) in [7, 11) is 1.31. The second-order valence-electron chi connectivity index (χ2n) is 5.55. The van der Waals surface area contributed by atoms with E-state index in [2.05, 4.69) is 0 Å². The maximum Gasteiger partial charge on any atom is 0.374 e. The first-order chi connectivity index (χ1) is 11.7. The van der Waals surface area contributed by atoms with Crippen LogP contribution >= 0.6 is 0 Å². The van der Waals surface area contributed by atoms with Gasteiger partial charge in [0.1, 0.15) is 5.82 Å². The van der Waals surface area contributed by atoms with E-state index in [1.54, 1.807) is 12.1 Å². The summed E-state index contributed by atoms with van der Waals surface area (Å²) in [5.74, 6) is -0.642. The molecule has 120 valence electrons. The number of fused-ring (bicyclic) bond motifs is 3. The summed E-state index contributed by atoms with van der Waals surface area (Å²) in [4.78, 5) is 11.8. The number of methoxy groups -OCH3 is 1. The fourth-order valence-electron chi connectivity index (χ4n) is 3.00. The molecular weight excluding hydrogens is 309 g/mol. The molecule has 0 spiro atoms. The van der Waals surface area contributed by atoms with E-state index in [4.69, 9.17) is 9.15 Å². The second kappa shape index (κ2) is 5.53. The van der Waals surface area contributed by atoms with Crippen molar-refractivity contribution in [1.82, 2.24) is 4.57 Å². The van der Waals surface area contributed by atoms with Crippen LogP contribution in [0.5, 0.6) is 0 Å². The van der Waals surface area contributed by atoms with Crippen molar-refractivity contribution in [1.29, 1.82) is 0 Å². The van der Waals surface area contributed by atoms with Crippen molar-refractivity contribution in [2.24, 2.45) is 0 Å². The van der Waals surface area contributed by atoms with Crippen LogP contribution in [0.25, 0.3) is 22.0 Å². The largest absolute Gasteiger partial charge is 0.463 e. The van der Waals surface area contributed by atoms with Gasteiger partial charge in [0.2, 0.25) is 5.76 Å². The number of esters is 1. The van der Waals surface area contributed by atoms with Gasteiger partial charge in [-0.05, 0) is 29.8 Å². The van der Waals surface area contributed by atoms with Crippen LogP contribution in [0.1, 0.15) is 16.1 Å². The lowest BCUT2D eigenvalue weighted by atomic mass is 10.2. The molecule has 5 heteroatoms. The van der Waals surface area contributed by atoms with Crippen LogP contribution in [0.15, 0.2) is 59.0 Å². The highest BCUT2D eigenvalue weighted by Crippen LogP contribution is 2.32. The summed E-state index contributed by atoms with van der Waals surface area (Å²) in [6, 6.07) is 15.9. The fourth-order valence-corrected chi connectivity index (χ4v) is 3.00. The van der Waals surface area contributed by atoms with Crippen molar-refractivity contribution >= 4 is 28.0 Å². The van der Waals surface area contributed by atoms with Crippen molar-refractivity contribution in [3.05, 3.63) is 71.7 Å². The van der Waals surface area contributed by atoms with Gasteiger partial charge in [0.15, 0.2) is 5.58 Å². The number of carbonyl (C=O) groups is 1. The Bertz CT molecular complexity index is 1060. The number of hydrogen-bond donors (Lipinski definition) is 0. The minimum absolute atomic E-state index is 0.154. The SMILES string of the molecule is COC(=O)c1cc2c(o1)c1ccccc1n2Cc1cccc(F)c1. The average molecular weight is 323 g/mol. The number of carbonyl (C=O) groups excluding carboxylic acids is 1. The predicted molar refractivity (Wildman–Crippen MR) is 88.6 cm³/mol. The Balaban J connectivity index is 1.93. The van der Waals surface area contributed by atoms with Gasteiger partial charge in [0.25, 0.3) is 0 Å². The van der Waals surface area contributed by atoms with Gasteiger partial charge in [0, 0.05) is 18.0 Å². The molecule has 0 N–H and O–H groups in total. The number of nitrogens with zero attached hydrogens (tertiary/aromatic N) is 1. The smallest absolute Gasteiger partial charge is 0.374 e. The van der Waals surface area contributed by atoms with E-state index in [0.29, 0.717) is 12.1 Å². The minimum atomic E-state index is -0.521. The van der Waals surface area contributed by atoms with Gasteiger partial charge < -0.3 is 13.7 Å². The Hall–Kier alpha value is -3.08. The lowest BCUT2D eigenvalue weighted by molar-refractivity contribution is 0.0568. The maximum absolute atomic E-state index is 13.5. The molecule has 0 bridgehead atoms. The zero-order valence-electron chi connectivity index (χ0n) is 13.0. The van der Waals surface area contributed by atoms with Crippen molar-refractivity contribution in [2.45, 2.75) is 6.54 Å². The Morgan fingerprint density at radius 3 is 2.75 bits per heavy atom. The Labute approximate surface area is 137 Å². The predicted octanol–water partition coefficient (Wildman–Crippen LogP) is 4.36. The number of ether oxygens (including phenoxy) is 1. The summed E-state index contributed by atoms with van der Waals surface area (Å²) >= 11 is 0. The molecule has 0 atom stereocenters. The summed E-state index contributed by atoms with van der Waals surface area (Å²) in [5.41, 5.74) is 3.20. The highest BCUT2D eigenvalue weighted by molar-refractivity contribution is 6.07. The highest BCUT2D eigenvalue weighted by atomic mass is 19.1. The van der Waals surface area contributed by atoms with Crippen LogP contribution in [0.2, 0.25) is 0 Å². The molecule has 0 aliphatic rings. The van der Waals surface area contributed by atoms with Gasteiger partial charge in [-0.15, -0.1) is 0 Å². The van der Waals surface area contributed by atoms with Crippen molar-refractivity contribution in [2.75, 3.05) is 7.11 Å². The van der Waals surface area contributed by atoms with E-state index in [1.807, 2.05) is 34.9 Å². The topological polar surface area (TPSA) is 44.4 Å². The van der Waals surface area contributed by atoms with Crippen LogP contribution in [-0.4, -0.2) is 17.6 Å². The Morgan fingerprint density at radius 1 is 1.12 bits per heavy atom. The van der Waals surface area contributed by atoms with E-state index in [9.17, 15) is 9.18 Å². The molecule has 0 aliphatic carbocycles. The Morgan fingerprint density at radius 2 is 1.96 bits per heavy atom. The number of rotatable bonds is 3. The number of hydrogen-bond acceptors (Lipinski definition) is 3. The molecule has 0 radical (unpaired) electrons. The summed E-state index contributed by atoms with van der Waals surface area (Å²) < 4.78 is 25.9. The van der Waals surface area contributed by atoms with Crippen molar-refractivity contribution in [3.63, 3.8) is 0 Å². The molecule has 0 amide bonds. The van der Waals surface area contributed by atoms with E-state index >= 15 is 0 Å². The lowest BCUT2D eigenvalue weighted by Gasteiger charge is -2.07. The standard InChI is InChI=1S/C19H14FNO3/c1-23-19(22)17-10-16-18(24-17)14-7-2-3-8-15(14)21(16)11-12-5-4-6-13(20)9-12/h2-10H,11H2,1H3. The molecule has 4 nitrogen and oxygen atoms in total. The molecule has 0 saturated carbocycles. The van der Waals surface area contributed by atoms with Gasteiger partial charge in [-0.2, -0.15) is 0 Å². The Kier molecular flexibility index (Phi) is 3.34. The van der Waals surface area contributed by atoms with Gasteiger partial charge in [-0.1, -0.05) is 24.3 Å². The van der Waals surface area contributed by atoms with Crippen LogP contribution in [0.3, 0.4) is 0 Å². The zero-order valence-corrected chi connectivity index (χ0v) is 13.0. The number of halogens is 1. The van der Waals surface area contributed by atoms with Gasteiger partial charge >= 0.3 is 5.97 Å². The highest BCUT2D eigenvalue weighted by Gasteiger charge is 2.19. The lowest BCUT2D eigenvalue weighted by Crippen LogP contribution is -2.01. The van der Waals surface area contributed by atoms with Crippen LogP contribution < -0.4 is 0 Å². The molecule has 2 heterocycles.